The van der Waals surface area contributed by atoms with Crippen LogP contribution in [-0.2, 0) is 17.8 Å². The number of carbonyl (C=O) groups is 1. The monoisotopic (exact) mass is 325 g/mol. The van der Waals surface area contributed by atoms with Crippen LogP contribution in [0.1, 0.15) is 26.3 Å². The number of aromatic nitrogens is 3. The molecule has 114 valence electrons. The van der Waals surface area contributed by atoms with Crippen molar-refractivity contribution >= 4 is 29.1 Å². The van der Waals surface area contributed by atoms with Crippen molar-refractivity contribution in [2.45, 2.75) is 38.9 Å². The predicted octanol–water partition coefficient (Wildman–Crippen LogP) is 3.40. The summed E-state index contributed by atoms with van der Waals surface area (Å²) in [5, 5.41) is 20.1. The summed E-state index contributed by atoms with van der Waals surface area (Å²) in [5.41, 5.74) is 1.26. The van der Waals surface area contributed by atoms with Crippen molar-refractivity contribution in [1.82, 2.24) is 14.8 Å². The molecule has 2 aromatic heterocycles. The van der Waals surface area contributed by atoms with Gasteiger partial charge in [0.1, 0.15) is 0 Å². The fraction of sp³-hybridized carbons (Fsp3) is 0.500. The number of rotatable bonds is 7. The molecule has 21 heavy (non-hydrogen) atoms. The lowest BCUT2D eigenvalue weighted by atomic mass is 10.2. The summed E-state index contributed by atoms with van der Waals surface area (Å²) in [6.45, 7) is 7.16. The van der Waals surface area contributed by atoms with Crippen LogP contribution in [0.25, 0.3) is 10.7 Å². The molecule has 7 heteroatoms. The smallest absolute Gasteiger partial charge is 0.313 e. The summed E-state index contributed by atoms with van der Waals surface area (Å²) in [4.78, 5) is 11.9. The zero-order valence-corrected chi connectivity index (χ0v) is 14.0. The number of hydrogen-bond acceptors (Lipinski definition) is 5. The van der Waals surface area contributed by atoms with Gasteiger partial charge in [-0.05, 0) is 29.3 Å². The minimum absolute atomic E-state index is 0.00129. The van der Waals surface area contributed by atoms with Gasteiger partial charge in [-0.1, -0.05) is 32.5 Å². The maximum atomic E-state index is 10.8. The first kappa shape index (κ1) is 16.0. The van der Waals surface area contributed by atoms with Crippen LogP contribution in [0, 0.1) is 5.92 Å². The molecule has 2 rings (SSSR count). The van der Waals surface area contributed by atoms with E-state index >= 15 is 0 Å². The Morgan fingerprint density at radius 3 is 2.86 bits per heavy atom. The van der Waals surface area contributed by atoms with Gasteiger partial charge in [0.15, 0.2) is 11.0 Å². The van der Waals surface area contributed by atoms with E-state index in [4.69, 9.17) is 5.11 Å². The van der Waals surface area contributed by atoms with Crippen LogP contribution in [0.4, 0.5) is 0 Å². The summed E-state index contributed by atoms with van der Waals surface area (Å²) in [5.74, 6) is 0.449. The molecule has 2 heterocycles. The molecule has 1 N–H and O–H groups in total. The van der Waals surface area contributed by atoms with Crippen LogP contribution in [0.5, 0.6) is 0 Å². The second-order valence-corrected chi connectivity index (χ2v) is 6.98. The first-order chi connectivity index (χ1) is 10.0. The number of hydrogen-bond donors (Lipinski definition) is 1. The van der Waals surface area contributed by atoms with E-state index in [2.05, 4.69) is 42.4 Å². The van der Waals surface area contributed by atoms with Crippen LogP contribution in [0.2, 0.25) is 0 Å². The maximum Gasteiger partial charge on any atom is 0.313 e. The average Bonchev–Trinajstić information content (AvgIpc) is 3.01. The van der Waals surface area contributed by atoms with E-state index in [0.29, 0.717) is 11.1 Å². The highest BCUT2D eigenvalue weighted by atomic mass is 32.2. The van der Waals surface area contributed by atoms with E-state index in [1.54, 1.807) is 11.3 Å². The quantitative estimate of drug-likeness (QED) is 0.790. The Morgan fingerprint density at radius 2 is 2.24 bits per heavy atom. The summed E-state index contributed by atoms with van der Waals surface area (Å²) in [6.07, 6.45) is 0.949. The average molecular weight is 325 g/mol. The van der Waals surface area contributed by atoms with Gasteiger partial charge in [0.25, 0.3) is 0 Å². The summed E-state index contributed by atoms with van der Waals surface area (Å²) < 4.78 is 2.04. The number of thiophene rings is 1. The molecule has 0 aliphatic carbocycles. The highest BCUT2D eigenvalue weighted by molar-refractivity contribution is 7.99. The van der Waals surface area contributed by atoms with Crippen LogP contribution < -0.4 is 0 Å². The first-order valence-electron chi connectivity index (χ1n) is 6.87. The number of nitrogens with zero attached hydrogens (tertiary/aromatic N) is 3. The van der Waals surface area contributed by atoms with Crippen molar-refractivity contribution in [2.75, 3.05) is 5.75 Å². The van der Waals surface area contributed by atoms with E-state index in [9.17, 15) is 4.79 Å². The lowest BCUT2D eigenvalue weighted by molar-refractivity contribution is -0.133. The number of carboxylic acids is 1. The highest BCUT2D eigenvalue weighted by Gasteiger charge is 2.19. The van der Waals surface area contributed by atoms with Crippen LogP contribution in [-0.4, -0.2) is 31.6 Å². The van der Waals surface area contributed by atoms with E-state index in [0.717, 1.165) is 23.7 Å². The van der Waals surface area contributed by atoms with Crippen molar-refractivity contribution in [2.24, 2.45) is 5.92 Å². The molecule has 0 spiro atoms. The minimum atomic E-state index is -0.842. The van der Waals surface area contributed by atoms with E-state index in [1.807, 2.05) is 4.57 Å². The molecule has 0 aliphatic heterocycles. The molecule has 5 nitrogen and oxygen atoms in total. The minimum Gasteiger partial charge on any atom is -0.481 e. The lowest BCUT2D eigenvalue weighted by Gasteiger charge is -2.12. The molecule has 0 saturated carbocycles. The van der Waals surface area contributed by atoms with E-state index in [-0.39, 0.29) is 5.75 Å². The Labute approximate surface area is 132 Å². The molecule has 2 aromatic rings. The highest BCUT2D eigenvalue weighted by Crippen LogP contribution is 2.31. The Morgan fingerprint density at radius 1 is 1.48 bits per heavy atom. The molecule has 0 radical (unpaired) electrons. The van der Waals surface area contributed by atoms with Gasteiger partial charge in [-0.2, -0.15) is 0 Å². The molecule has 0 aliphatic rings. The van der Waals surface area contributed by atoms with Crippen LogP contribution in [0.15, 0.2) is 16.6 Å². The predicted molar refractivity (Wildman–Crippen MR) is 85.9 cm³/mol. The van der Waals surface area contributed by atoms with Crippen molar-refractivity contribution in [3.63, 3.8) is 0 Å². The van der Waals surface area contributed by atoms with Crippen molar-refractivity contribution in [3.8, 4) is 10.7 Å². The second kappa shape index (κ2) is 7.09. The molecular weight excluding hydrogens is 306 g/mol. The van der Waals surface area contributed by atoms with Crippen LogP contribution >= 0.6 is 23.1 Å². The molecule has 0 aromatic carbocycles. The first-order valence-corrected chi connectivity index (χ1v) is 8.74. The van der Waals surface area contributed by atoms with Gasteiger partial charge in [-0.15, -0.1) is 21.5 Å². The van der Waals surface area contributed by atoms with Gasteiger partial charge in [-0.3, -0.25) is 4.79 Å². The molecule has 0 unspecified atom stereocenters. The molecule has 0 fully saturated rings. The largest absolute Gasteiger partial charge is 0.481 e. The fourth-order valence-corrected chi connectivity index (χ4v) is 3.69. The Hall–Kier alpha value is -1.34. The third-order valence-electron chi connectivity index (χ3n) is 2.92. The summed E-state index contributed by atoms with van der Waals surface area (Å²) in [6, 6.07) is 2.11. The van der Waals surface area contributed by atoms with E-state index < -0.39 is 5.97 Å². The topological polar surface area (TPSA) is 68.0 Å². The molecule has 0 atom stereocenters. The summed E-state index contributed by atoms with van der Waals surface area (Å²) >= 11 is 2.88. The van der Waals surface area contributed by atoms with Gasteiger partial charge in [0.2, 0.25) is 0 Å². The van der Waals surface area contributed by atoms with Gasteiger partial charge in [0.05, 0.1) is 10.6 Å². The van der Waals surface area contributed by atoms with Gasteiger partial charge >= 0.3 is 5.97 Å². The number of aryl methyl sites for hydroxylation is 1. The van der Waals surface area contributed by atoms with E-state index in [1.165, 1.54) is 17.3 Å². The van der Waals surface area contributed by atoms with Crippen LogP contribution in [0.3, 0.4) is 0 Å². The number of aliphatic carboxylic acids is 1. The van der Waals surface area contributed by atoms with Crippen molar-refractivity contribution in [3.05, 3.63) is 17.0 Å². The molecule has 0 bridgehead atoms. The molecule has 0 saturated heterocycles. The maximum absolute atomic E-state index is 10.8. The standard InChI is InChI=1S/C14H19N3O2S2/c1-4-10-5-6-20-12(10)13-15-16-14(21-8-11(18)19)17(13)7-9(2)3/h5-6,9H,4,7-8H2,1-3H3,(H,18,19). The molecular formula is C14H19N3O2S2. The third kappa shape index (κ3) is 3.85. The number of thioether (sulfide) groups is 1. The van der Waals surface area contributed by atoms with Crippen molar-refractivity contribution in [1.29, 1.82) is 0 Å². The Bertz CT molecular complexity index is 620. The summed E-state index contributed by atoms with van der Waals surface area (Å²) in [7, 11) is 0. The lowest BCUT2D eigenvalue weighted by Crippen LogP contribution is -2.09. The molecule has 0 amide bonds. The van der Waals surface area contributed by atoms with Gasteiger partial charge < -0.3 is 9.67 Å². The zero-order valence-electron chi connectivity index (χ0n) is 12.4. The third-order valence-corrected chi connectivity index (χ3v) is 4.82. The zero-order chi connectivity index (χ0) is 15.4. The van der Waals surface area contributed by atoms with Gasteiger partial charge in [0, 0.05) is 6.54 Å². The van der Waals surface area contributed by atoms with Gasteiger partial charge in [-0.25, -0.2) is 0 Å². The SMILES string of the molecule is CCc1ccsc1-c1nnc(SCC(=O)O)n1CC(C)C. The van der Waals surface area contributed by atoms with Crippen molar-refractivity contribution < 1.29 is 9.90 Å². The number of carboxylic acid groups (broad SMARTS) is 1. The second-order valence-electron chi connectivity index (χ2n) is 5.12. The Kier molecular flexibility index (Phi) is 5.41. The Balaban J connectivity index is 2.38. The fourth-order valence-electron chi connectivity index (χ4n) is 2.03. The normalized spacial score (nSPS) is 11.2.